The van der Waals surface area contributed by atoms with Crippen LogP contribution in [-0.4, -0.2) is 29.7 Å². The summed E-state index contributed by atoms with van der Waals surface area (Å²) in [6, 6.07) is 2.39. The van der Waals surface area contributed by atoms with Crippen molar-refractivity contribution >= 4 is 17.3 Å². The van der Waals surface area contributed by atoms with Crippen molar-refractivity contribution in [1.82, 2.24) is 0 Å². The average molecular weight is 269 g/mol. The number of amides is 1. The Hall–Kier alpha value is -1.82. The van der Waals surface area contributed by atoms with Crippen molar-refractivity contribution in [2.45, 2.75) is 26.4 Å². The van der Waals surface area contributed by atoms with Crippen molar-refractivity contribution in [3.8, 4) is 0 Å². The molecule has 0 aliphatic carbocycles. The van der Waals surface area contributed by atoms with Crippen LogP contribution >= 0.6 is 0 Å². The fourth-order valence-corrected chi connectivity index (χ4v) is 1.87. The normalized spacial score (nSPS) is 11.4. The van der Waals surface area contributed by atoms with Crippen molar-refractivity contribution in [1.29, 1.82) is 0 Å². The Kier molecular flexibility index (Phi) is 4.36. The molecule has 0 saturated heterocycles. The zero-order valence-electron chi connectivity index (χ0n) is 11.4. The maximum Gasteiger partial charge on any atom is 0.250 e. The Labute approximate surface area is 112 Å². The smallest absolute Gasteiger partial charge is 0.250 e. The maximum absolute atomic E-state index is 14.0. The number of nitrogens with two attached hydrogens (primary N) is 2. The highest BCUT2D eigenvalue weighted by Gasteiger charge is 2.21. The molecule has 19 heavy (non-hydrogen) atoms. The molecule has 0 aromatic heterocycles. The summed E-state index contributed by atoms with van der Waals surface area (Å²) < 4.78 is 14.0. The highest BCUT2D eigenvalue weighted by Crippen LogP contribution is 2.26. The number of hydrogen-bond donors (Lipinski definition) is 3. The first kappa shape index (κ1) is 15.2. The monoisotopic (exact) mass is 269 g/mol. The van der Waals surface area contributed by atoms with E-state index >= 15 is 0 Å². The van der Waals surface area contributed by atoms with Crippen LogP contribution in [0.3, 0.4) is 0 Å². The molecular formula is C13H20FN3O2. The SMILES string of the molecule is CCN(CC(C)(C)O)c1cc(C(N)=O)c(N)cc1F. The molecule has 0 heterocycles. The number of likely N-dealkylation sites (N-methyl/N-ethyl adjacent to an activating group) is 1. The van der Waals surface area contributed by atoms with Gasteiger partial charge in [0.1, 0.15) is 5.82 Å². The Morgan fingerprint density at radius 3 is 2.47 bits per heavy atom. The fourth-order valence-electron chi connectivity index (χ4n) is 1.87. The van der Waals surface area contributed by atoms with Gasteiger partial charge in [-0.3, -0.25) is 4.79 Å². The first-order valence-electron chi connectivity index (χ1n) is 6.02. The standard InChI is InChI=1S/C13H20FN3O2/c1-4-17(7-13(2,3)19)11-5-8(12(16)18)10(15)6-9(11)14/h5-6,19H,4,7,15H2,1-3H3,(H2,16,18). The van der Waals surface area contributed by atoms with E-state index in [0.717, 1.165) is 6.07 Å². The predicted octanol–water partition coefficient (Wildman–Crippen LogP) is 1.10. The van der Waals surface area contributed by atoms with Crippen LogP contribution < -0.4 is 16.4 Å². The number of nitrogen functional groups attached to an aromatic ring is 1. The van der Waals surface area contributed by atoms with E-state index in [4.69, 9.17) is 11.5 Å². The molecule has 0 aliphatic heterocycles. The number of aliphatic hydroxyl groups is 1. The summed E-state index contributed by atoms with van der Waals surface area (Å²) in [6.07, 6.45) is 0. The number of primary amides is 1. The van der Waals surface area contributed by atoms with E-state index in [1.165, 1.54) is 6.07 Å². The van der Waals surface area contributed by atoms with E-state index in [0.29, 0.717) is 6.54 Å². The Morgan fingerprint density at radius 2 is 2.05 bits per heavy atom. The second-order valence-electron chi connectivity index (χ2n) is 5.08. The molecule has 106 valence electrons. The third kappa shape index (κ3) is 3.82. The number of rotatable bonds is 5. The zero-order valence-corrected chi connectivity index (χ0v) is 11.4. The van der Waals surface area contributed by atoms with Crippen LogP contribution in [0, 0.1) is 5.82 Å². The van der Waals surface area contributed by atoms with Crippen molar-refractivity contribution in [2.24, 2.45) is 5.73 Å². The van der Waals surface area contributed by atoms with Gasteiger partial charge in [0.25, 0.3) is 5.91 Å². The van der Waals surface area contributed by atoms with Gasteiger partial charge >= 0.3 is 0 Å². The van der Waals surface area contributed by atoms with E-state index in [2.05, 4.69) is 0 Å². The van der Waals surface area contributed by atoms with Gasteiger partial charge < -0.3 is 21.5 Å². The average Bonchev–Trinajstić information content (AvgIpc) is 2.24. The summed E-state index contributed by atoms with van der Waals surface area (Å²) >= 11 is 0. The number of anilines is 2. The van der Waals surface area contributed by atoms with Crippen LogP contribution in [-0.2, 0) is 0 Å². The second kappa shape index (κ2) is 5.44. The largest absolute Gasteiger partial charge is 0.398 e. The lowest BCUT2D eigenvalue weighted by Gasteiger charge is -2.30. The van der Waals surface area contributed by atoms with Crippen LogP contribution in [0.25, 0.3) is 0 Å². The predicted molar refractivity (Wildman–Crippen MR) is 73.5 cm³/mol. The molecule has 0 spiro atoms. The molecule has 1 amide bonds. The molecule has 1 aromatic rings. The van der Waals surface area contributed by atoms with E-state index < -0.39 is 17.3 Å². The minimum absolute atomic E-state index is 0.00746. The van der Waals surface area contributed by atoms with Crippen molar-refractivity contribution < 1.29 is 14.3 Å². The molecule has 0 saturated carbocycles. The summed E-state index contributed by atoms with van der Waals surface area (Å²) in [6.45, 7) is 5.77. The molecule has 5 N–H and O–H groups in total. The van der Waals surface area contributed by atoms with Crippen molar-refractivity contribution in [3.05, 3.63) is 23.5 Å². The van der Waals surface area contributed by atoms with Crippen LogP contribution in [0.15, 0.2) is 12.1 Å². The van der Waals surface area contributed by atoms with E-state index in [1.807, 2.05) is 6.92 Å². The van der Waals surface area contributed by atoms with Gasteiger partial charge in [-0.05, 0) is 32.9 Å². The van der Waals surface area contributed by atoms with Crippen LogP contribution in [0.5, 0.6) is 0 Å². The van der Waals surface area contributed by atoms with Gasteiger partial charge in [-0.25, -0.2) is 4.39 Å². The molecule has 1 rings (SSSR count). The van der Waals surface area contributed by atoms with Crippen molar-refractivity contribution in [2.75, 3.05) is 23.7 Å². The number of benzene rings is 1. The third-order valence-corrected chi connectivity index (χ3v) is 2.68. The van der Waals surface area contributed by atoms with Gasteiger partial charge in [0, 0.05) is 18.8 Å². The van der Waals surface area contributed by atoms with E-state index in [1.54, 1.807) is 18.7 Å². The molecule has 0 unspecified atom stereocenters. The second-order valence-corrected chi connectivity index (χ2v) is 5.08. The molecule has 0 aliphatic rings. The summed E-state index contributed by atoms with van der Waals surface area (Å²) in [5.74, 6) is -1.26. The van der Waals surface area contributed by atoms with Crippen LogP contribution in [0.2, 0.25) is 0 Å². The van der Waals surface area contributed by atoms with Crippen LogP contribution in [0.1, 0.15) is 31.1 Å². The van der Waals surface area contributed by atoms with E-state index in [9.17, 15) is 14.3 Å². The van der Waals surface area contributed by atoms with Gasteiger partial charge in [0.05, 0.1) is 16.9 Å². The lowest BCUT2D eigenvalue weighted by molar-refractivity contribution is 0.0874. The number of halogens is 1. The van der Waals surface area contributed by atoms with E-state index in [-0.39, 0.29) is 23.5 Å². The summed E-state index contributed by atoms with van der Waals surface area (Å²) in [5, 5.41) is 9.82. The molecule has 6 heteroatoms. The van der Waals surface area contributed by atoms with Crippen LogP contribution in [0.4, 0.5) is 15.8 Å². The van der Waals surface area contributed by atoms with Gasteiger partial charge in [-0.2, -0.15) is 0 Å². The molecule has 5 nitrogen and oxygen atoms in total. The van der Waals surface area contributed by atoms with Crippen molar-refractivity contribution in [3.63, 3.8) is 0 Å². The molecule has 1 aromatic carbocycles. The number of carbonyl (C=O) groups excluding carboxylic acids is 1. The molecular weight excluding hydrogens is 249 g/mol. The zero-order chi connectivity index (χ0) is 14.8. The number of hydrogen-bond acceptors (Lipinski definition) is 4. The lowest BCUT2D eigenvalue weighted by atomic mass is 10.1. The third-order valence-electron chi connectivity index (χ3n) is 2.68. The Balaban J connectivity index is 3.24. The summed E-state index contributed by atoms with van der Waals surface area (Å²) in [7, 11) is 0. The first-order valence-corrected chi connectivity index (χ1v) is 6.02. The lowest BCUT2D eigenvalue weighted by Crippen LogP contribution is -2.39. The minimum Gasteiger partial charge on any atom is -0.398 e. The Bertz CT molecular complexity index is 484. The fraction of sp³-hybridized carbons (Fsp3) is 0.462. The quantitative estimate of drug-likeness (QED) is 0.698. The van der Waals surface area contributed by atoms with Gasteiger partial charge in [-0.1, -0.05) is 0 Å². The molecule has 0 atom stereocenters. The minimum atomic E-state index is -0.989. The highest BCUT2D eigenvalue weighted by atomic mass is 19.1. The van der Waals surface area contributed by atoms with Gasteiger partial charge in [0.2, 0.25) is 0 Å². The Morgan fingerprint density at radius 1 is 1.47 bits per heavy atom. The summed E-state index contributed by atoms with van der Waals surface area (Å²) in [4.78, 5) is 12.9. The number of carbonyl (C=O) groups is 1. The van der Waals surface area contributed by atoms with Gasteiger partial charge in [-0.15, -0.1) is 0 Å². The molecule has 0 fully saturated rings. The molecule has 0 bridgehead atoms. The summed E-state index contributed by atoms with van der Waals surface area (Å²) in [5.41, 5.74) is 10.0. The molecule has 0 radical (unpaired) electrons. The highest BCUT2D eigenvalue weighted by molar-refractivity contribution is 5.99. The maximum atomic E-state index is 14.0. The van der Waals surface area contributed by atoms with Gasteiger partial charge in [0.15, 0.2) is 0 Å². The topological polar surface area (TPSA) is 92.6 Å². The first-order chi connectivity index (χ1) is 8.65. The number of nitrogens with zero attached hydrogens (tertiary/aromatic N) is 1.